The van der Waals surface area contributed by atoms with Gasteiger partial charge in [-0.15, -0.1) is 0 Å². The van der Waals surface area contributed by atoms with E-state index in [2.05, 4.69) is 72.1 Å². The fourth-order valence-corrected chi connectivity index (χ4v) is 22.9. The Morgan fingerprint density at radius 1 is 0.491 bits per heavy atom. The predicted molar refractivity (Wildman–Crippen MR) is 385 cm³/mol. The summed E-state index contributed by atoms with van der Waals surface area (Å²) in [5.41, 5.74) is 4.47. The molecule has 0 saturated carbocycles. The van der Waals surface area contributed by atoms with Crippen LogP contribution in [0.25, 0.3) is 44.7 Å². The second-order valence-corrected chi connectivity index (χ2v) is 38.9. The van der Waals surface area contributed by atoms with Gasteiger partial charge in [0.1, 0.15) is 96.2 Å². The summed E-state index contributed by atoms with van der Waals surface area (Å²) in [6.07, 6.45) is -15.1. The zero-order valence-electron chi connectivity index (χ0n) is 57.4. The minimum Gasteiger partial charge on any atom is -0.346 e. The average molecular weight is 1680 g/mol. The summed E-state index contributed by atoms with van der Waals surface area (Å²) in [6, 6.07) is 11.4. The molecule has 2 aromatic carbocycles. The number of para-hydroxylation sites is 2. The number of ether oxygens (including phenoxy) is 4. The van der Waals surface area contributed by atoms with Crippen molar-refractivity contribution in [3.63, 3.8) is 0 Å². The Hall–Kier alpha value is -6.97. The number of benzene rings is 2. The van der Waals surface area contributed by atoms with Gasteiger partial charge in [-0.2, -0.15) is 0 Å². The van der Waals surface area contributed by atoms with Crippen molar-refractivity contribution in [3.8, 4) is 0 Å². The van der Waals surface area contributed by atoms with E-state index >= 15 is 26.7 Å². The molecule has 110 heavy (non-hydrogen) atoms. The van der Waals surface area contributed by atoms with E-state index in [-0.39, 0.29) is 50.9 Å². The zero-order valence-corrected chi connectivity index (χ0v) is 64.3. The quantitative estimate of drug-likeness (QED) is 0.0336. The topological polar surface area (TPSA) is 443 Å². The summed E-state index contributed by atoms with van der Waals surface area (Å²) in [4.78, 5) is 84.4. The minimum atomic E-state index is -4.71. The molecule has 0 amide bonds. The van der Waals surface area contributed by atoms with Gasteiger partial charge in [-0.05, 0) is 61.3 Å². The van der Waals surface area contributed by atoms with Crippen LogP contribution in [0.5, 0.6) is 0 Å². The lowest BCUT2D eigenvalue weighted by Crippen LogP contribution is -2.37. The number of fused-ring (bicyclic) bond motifs is 8. The first-order chi connectivity index (χ1) is 52.7. The second-order valence-electron chi connectivity index (χ2n) is 25.2. The number of nitro groups is 2. The molecule has 0 aliphatic carbocycles. The molecule has 6 saturated heterocycles. The molecule has 14 heterocycles. The number of nitro benzene ring substituents is 2. The molecule has 10 aromatic rings. The highest BCUT2D eigenvalue weighted by Crippen LogP contribution is 2.68. The van der Waals surface area contributed by atoms with Crippen molar-refractivity contribution in [1.82, 2.24) is 78.1 Å². The van der Waals surface area contributed by atoms with Crippen molar-refractivity contribution in [2.45, 2.75) is 150 Å². The van der Waals surface area contributed by atoms with Gasteiger partial charge in [-0.25, -0.2) is 91.1 Å². The van der Waals surface area contributed by atoms with Crippen LogP contribution in [0.15, 0.2) is 99.1 Å². The number of thiol groups is 1. The van der Waals surface area contributed by atoms with Crippen LogP contribution in [0.3, 0.4) is 0 Å². The third-order valence-corrected chi connectivity index (χ3v) is 29.0. The summed E-state index contributed by atoms with van der Waals surface area (Å²) in [5, 5.41) is 23.9. The highest BCUT2D eigenvalue weighted by Gasteiger charge is 2.58. The van der Waals surface area contributed by atoms with Gasteiger partial charge in [0.15, 0.2) is 72.2 Å². The molecule has 0 radical (unpaired) electrons. The molecular formula is C60H62F4N18O20P4S4. The van der Waals surface area contributed by atoms with E-state index in [0.717, 1.165) is 0 Å². The smallest absolute Gasteiger partial charge is 0.346 e. The third kappa shape index (κ3) is 15.5. The maximum Gasteiger partial charge on any atom is 0.390 e. The summed E-state index contributed by atoms with van der Waals surface area (Å²) < 4.78 is 186. The van der Waals surface area contributed by atoms with E-state index in [9.17, 15) is 29.7 Å². The molecule has 4 unspecified atom stereocenters. The number of hydrogen-bond donors (Lipinski definition) is 2. The Balaban J connectivity index is 0.000000187. The van der Waals surface area contributed by atoms with E-state index in [1.807, 2.05) is 13.8 Å². The van der Waals surface area contributed by atoms with E-state index in [1.165, 1.54) is 105 Å². The Labute approximate surface area is 635 Å². The molecule has 1 N–H and O–H groups in total. The summed E-state index contributed by atoms with van der Waals surface area (Å²) in [6.45, 7) is -13.6. The Kier molecular flexibility index (Phi) is 22.6. The van der Waals surface area contributed by atoms with Crippen LogP contribution < -0.4 is 0 Å². The van der Waals surface area contributed by atoms with Crippen LogP contribution in [0.1, 0.15) is 72.7 Å². The van der Waals surface area contributed by atoms with Gasteiger partial charge in [0, 0.05) is 34.8 Å². The molecule has 0 spiro atoms. The molecule has 38 nitrogen and oxygen atoms in total. The first kappa shape index (κ1) is 78.3. The number of alkyl halides is 4. The molecule has 6 aliphatic heterocycles. The van der Waals surface area contributed by atoms with E-state index in [0.29, 0.717) is 86.1 Å². The lowest BCUT2D eigenvalue weighted by molar-refractivity contribution is -0.385. The van der Waals surface area contributed by atoms with E-state index in [4.69, 9.17) is 66.9 Å². The van der Waals surface area contributed by atoms with Crippen LogP contribution in [-0.2, 0) is 105 Å². The maximum atomic E-state index is 17.2. The number of nitrogens with zero attached hydrogens (tertiary/aromatic N) is 18. The van der Waals surface area contributed by atoms with Crippen molar-refractivity contribution >= 4 is 130 Å². The van der Waals surface area contributed by atoms with Gasteiger partial charge in [-0.1, -0.05) is 62.5 Å². The molecule has 50 heteroatoms. The van der Waals surface area contributed by atoms with Gasteiger partial charge >= 0.3 is 27.1 Å². The maximum absolute atomic E-state index is 17.2. The number of imidazole rings is 4. The van der Waals surface area contributed by atoms with Gasteiger partial charge in [0.05, 0.1) is 84.4 Å². The highest BCUT2D eigenvalue weighted by atomic mass is 32.7. The van der Waals surface area contributed by atoms with Crippen LogP contribution in [0.4, 0.5) is 28.9 Å². The number of aryl methyl sites for hydroxylation is 4. The number of rotatable bonds is 14. The minimum absolute atomic E-state index is 0.132. The van der Waals surface area contributed by atoms with Crippen LogP contribution in [-0.4, -0.2) is 193 Å². The summed E-state index contributed by atoms with van der Waals surface area (Å²) in [5.74, 6) is -0.659. The number of halogens is 4. The fraction of sp³-hybridized carbons (Fsp3) is 0.467. The average Bonchev–Trinajstić information content (AvgIpc) is 1.62. The molecule has 0 bridgehead atoms. The van der Waals surface area contributed by atoms with E-state index < -0.39 is 162 Å². The largest absolute Gasteiger partial charge is 0.390 e. The van der Waals surface area contributed by atoms with Gasteiger partial charge < -0.3 is 28.4 Å². The standard InChI is InChI=1S/C37H36F2N10O12P2S2.C23H26F2N8O8P2S2/c1-3-23-31-35(43-17-41-23)47(19-45-31)37-29(39)33-27(59-37)13-57-62(54,64-14-21-8-4-6-10-24(21)48(50)51)60-32-26(58-36(28(32)38)46-18-44-30-20(2)40-16-42-34(30)46)12-56-63(55,61-33)65-15-22-9-5-7-11-25(22)49(52)53;1-3-11-17-21(29-7-27-11)33(9-31-17)23-15(25)19-13(39-23)5-37-42(34,44)40-18-12(4-36-43(35,45)41-19)38-22(14(18)24)32-8-30-16-10(2)26-6-28-20(16)32/h4-11,16-19,26-29,32-33,36-37H,3,12-15H2,1-2H3;6-9,12-15,18-19,22-23H,3-5H2,1-2H3,(H,34,44)(H,35,45)/t26-,27-,28-,29-,32-,33-,36-,37-,62?,63?;12-,13-,14-,15-,18-,19-,22-,23-,42?,43?/m11/s1. The van der Waals surface area contributed by atoms with Crippen LogP contribution >= 0.6 is 62.1 Å². The number of hydrogen-bond acceptors (Lipinski definition) is 34. The van der Waals surface area contributed by atoms with Crippen molar-refractivity contribution < 1.29 is 101 Å². The highest BCUT2D eigenvalue weighted by molar-refractivity contribution is 8.55. The fourth-order valence-electron chi connectivity index (χ4n) is 13.2. The molecule has 8 aromatic heterocycles. The molecule has 6 fully saturated rings. The van der Waals surface area contributed by atoms with Gasteiger partial charge in [-0.3, -0.25) is 70.2 Å². The lowest BCUT2D eigenvalue weighted by Gasteiger charge is -2.30. The van der Waals surface area contributed by atoms with Crippen molar-refractivity contribution in [1.29, 1.82) is 0 Å². The predicted octanol–water partition coefficient (Wildman–Crippen LogP) is 10.8. The zero-order chi connectivity index (χ0) is 77.3. The Morgan fingerprint density at radius 2 is 0.818 bits per heavy atom. The first-order valence-corrected chi connectivity index (χ1v) is 45.0. The van der Waals surface area contributed by atoms with Crippen LogP contribution in [0.2, 0.25) is 0 Å². The van der Waals surface area contributed by atoms with Crippen molar-refractivity contribution in [2.24, 2.45) is 0 Å². The summed E-state index contributed by atoms with van der Waals surface area (Å²) >= 11 is 10.3. The second kappa shape index (κ2) is 31.8. The molecule has 20 atom stereocenters. The van der Waals surface area contributed by atoms with Gasteiger partial charge in [0.2, 0.25) is 0 Å². The molecule has 6 aliphatic rings. The SMILES string of the molecule is CCc1ncnc2c1ncn2[C@@H]1O[C@@H]2COP(=O)(SCc3ccccc3[N+](=O)[O-])O[C@H]3[C@@H](F)[C@H](n4cnc5c(C)ncnc54)O[C@@H]3COP(=O)(SCc3ccccc3[N+](=O)[O-])O[C@H]2[C@H]1F.CCc1ncnc2c1ncn2[C@@H]1O[C@@H]2COP(O)(=S)O[C@H]3[C@@H](F)[C@H](n4cnc5c(C)ncnc54)O[C@@H]3COP(=O)(S)O[C@H]2[C@H]1F. The molecule has 584 valence electrons. The number of aromatic nitrogens is 16. The normalized spacial score (nSPS) is 32.9. The van der Waals surface area contributed by atoms with E-state index in [1.54, 1.807) is 26.0 Å². The van der Waals surface area contributed by atoms with Crippen LogP contribution in [0, 0.1) is 34.1 Å². The third-order valence-electron chi connectivity index (χ3n) is 18.5. The molecule has 16 rings (SSSR count). The Bertz CT molecular complexity index is 5370. The monoisotopic (exact) mass is 1680 g/mol. The van der Waals surface area contributed by atoms with Crippen molar-refractivity contribution in [3.05, 3.63) is 153 Å². The first-order valence-electron chi connectivity index (χ1n) is 33.4. The molecular weight excluding hydrogens is 1620 g/mol. The van der Waals surface area contributed by atoms with Gasteiger partial charge in [0.25, 0.3) is 11.4 Å². The Morgan fingerprint density at radius 3 is 1.20 bits per heavy atom. The lowest BCUT2D eigenvalue weighted by atomic mass is 10.1. The van der Waals surface area contributed by atoms with Crippen molar-refractivity contribution in [2.75, 3.05) is 26.4 Å². The summed E-state index contributed by atoms with van der Waals surface area (Å²) in [7, 11) is 0.